The van der Waals surface area contributed by atoms with Crippen molar-refractivity contribution in [3.63, 3.8) is 0 Å². The van der Waals surface area contributed by atoms with E-state index in [1.165, 1.54) is 4.88 Å². The zero-order valence-corrected chi connectivity index (χ0v) is 11.1. The second kappa shape index (κ2) is 5.69. The highest BCUT2D eigenvalue weighted by molar-refractivity contribution is 7.09. The first-order chi connectivity index (χ1) is 8.65. The fourth-order valence-electron chi connectivity index (χ4n) is 1.67. The number of rotatable bonds is 4. The van der Waals surface area contributed by atoms with Crippen molar-refractivity contribution in [2.45, 2.75) is 13.0 Å². The molecule has 1 aromatic carbocycles. The van der Waals surface area contributed by atoms with Gasteiger partial charge >= 0.3 is 0 Å². The summed E-state index contributed by atoms with van der Waals surface area (Å²) in [5.41, 5.74) is 7.33. The normalized spacial score (nSPS) is 10.3. The predicted octanol–water partition coefficient (Wildman–Crippen LogP) is 2.53. The Morgan fingerprint density at radius 1 is 1.28 bits per heavy atom. The molecule has 0 saturated heterocycles. The summed E-state index contributed by atoms with van der Waals surface area (Å²) in [6.07, 6.45) is 0.419. The molecular weight excluding hydrogens is 244 g/mol. The van der Waals surface area contributed by atoms with E-state index < -0.39 is 0 Å². The first-order valence-corrected chi connectivity index (χ1v) is 6.64. The highest BCUT2D eigenvalue weighted by Gasteiger charge is 2.10. The lowest BCUT2D eigenvalue weighted by Crippen LogP contribution is -2.27. The summed E-state index contributed by atoms with van der Waals surface area (Å²) >= 11 is 1.67. The van der Waals surface area contributed by atoms with Gasteiger partial charge in [0.2, 0.25) is 5.91 Å². The molecule has 0 saturated carbocycles. The van der Waals surface area contributed by atoms with Crippen molar-refractivity contribution in [3.05, 3.63) is 52.2 Å². The molecule has 0 aliphatic rings. The van der Waals surface area contributed by atoms with Crippen LogP contribution in [0.25, 0.3) is 0 Å². The number of carbonyl (C=O) groups excluding carboxylic acids is 1. The van der Waals surface area contributed by atoms with E-state index >= 15 is 0 Å². The lowest BCUT2D eigenvalue weighted by atomic mass is 10.1. The molecule has 1 heterocycles. The van der Waals surface area contributed by atoms with Gasteiger partial charge in [-0.1, -0.05) is 18.2 Å². The SMILES string of the molecule is CN(Cc1cccs1)C(=O)Cc1ccc(N)cc1. The molecule has 4 heteroatoms. The standard InChI is InChI=1S/C14H16N2OS/c1-16(10-13-3-2-8-18-13)14(17)9-11-4-6-12(15)7-5-11/h2-8H,9-10,15H2,1H3. The lowest BCUT2D eigenvalue weighted by Gasteiger charge is -2.16. The van der Waals surface area contributed by atoms with Crippen LogP contribution in [0.15, 0.2) is 41.8 Å². The molecule has 3 nitrogen and oxygen atoms in total. The molecule has 0 unspecified atom stereocenters. The van der Waals surface area contributed by atoms with Gasteiger partial charge in [0.25, 0.3) is 0 Å². The van der Waals surface area contributed by atoms with Gasteiger partial charge in [-0.05, 0) is 29.1 Å². The van der Waals surface area contributed by atoms with E-state index in [1.807, 2.05) is 48.8 Å². The number of nitrogens with zero attached hydrogens (tertiary/aromatic N) is 1. The minimum atomic E-state index is 0.119. The fraction of sp³-hybridized carbons (Fsp3) is 0.214. The molecule has 0 spiro atoms. The Morgan fingerprint density at radius 2 is 2.00 bits per heavy atom. The van der Waals surface area contributed by atoms with Crippen molar-refractivity contribution in [2.24, 2.45) is 0 Å². The summed E-state index contributed by atoms with van der Waals surface area (Å²) in [4.78, 5) is 15.0. The van der Waals surface area contributed by atoms with Crippen LogP contribution >= 0.6 is 11.3 Å². The maximum atomic E-state index is 12.0. The van der Waals surface area contributed by atoms with Crippen molar-refractivity contribution in [3.8, 4) is 0 Å². The summed E-state index contributed by atoms with van der Waals surface area (Å²) in [6, 6.07) is 11.5. The number of carbonyl (C=O) groups is 1. The van der Waals surface area contributed by atoms with Crippen LogP contribution in [-0.2, 0) is 17.8 Å². The number of nitrogens with two attached hydrogens (primary N) is 1. The smallest absolute Gasteiger partial charge is 0.227 e. The highest BCUT2D eigenvalue weighted by atomic mass is 32.1. The van der Waals surface area contributed by atoms with Crippen LogP contribution in [0.2, 0.25) is 0 Å². The van der Waals surface area contributed by atoms with E-state index in [0.29, 0.717) is 13.0 Å². The van der Waals surface area contributed by atoms with E-state index in [2.05, 4.69) is 0 Å². The number of benzene rings is 1. The summed E-state index contributed by atoms with van der Waals surface area (Å²) in [7, 11) is 1.83. The van der Waals surface area contributed by atoms with Gasteiger partial charge in [0, 0.05) is 17.6 Å². The van der Waals surface area contributed by atoms with Gasteiger partial charge < -0.3 is 10.6 Å². The molecule has 0 atom stereocenters. The molecule has 2 N–H and O–H groups in total. The first kappa shape index (κ1) is 12.6. The number of likely N-dealkylation sites (N-methyl/N-ethyl adjacent to an activating group) is 1. The monoisotopic (exact) mass is 260 g/mol. The summed E-state index contributed by atoms with van der Waals surface area (Å²) < 4.78 is 0. The van der Waals surface area contributed by atoms with Gasteiger partial charge in [-0.2, -0.15) is 0 Å². The minimum Gasteiger partial charge on any atom is -0.399 e. The molecule has 1 amide bonds. The van der Waals surface area contributed by atoms with Crippen molar-refractivity contribution >= 4 is 22.9 Å². The lowest BCUT2D eigenvalue weighted by molar-refractivity contribution is -0.129. The Labute approximate surface area is 111 Å². The second-order valence-corrected chi connectivity index (χ2v) is 5.28. The van der Waals surface area contributed by atoms with Gasteiger partial charge in [0.05, 0.1) is 13.0 Å². The number of amides is 1. The summed E-state index contributed by atoms with van der Waals surface area (Å²) in [5, 5.41) is 2.02. The van der Waals surface area contributed by atoms with Gasteiger partial charge in [0.1, 0.15) is 0 Å². The molecule has 0 radical (unpaired) electrons. The van der Waals surface area contributed by atoms with Crippen LogP contribution in [0.3, 0.4) is 0 Å². The second-order valence-electron chi connectivity index (χ2n) is 4.25. The molecule has 94 valence electrons. The van der Waals surface area contributed by atoms with Crippen molar-refractivity contribution < 1.29 is 4.79 Å². The Bertz CT molecular complexity index is 505. The predicted molar refractivity (Wildman–Crippen MR) is 75.4 cm³/mol. The van der Waals surface area contributed by atoms with Crippen molar-refractivity contribution in [1.29, 1.82) is 0 Å². The third kappa shape index (κ3) is 3.34. The maximum Gasteiger partial charge on any atom is 0.227 e. The first-order valence-electron chi connectivity index (χ1n) is 5.76. The number of nitrogen functional groups attached to an aromatic ring is 1. The molecule has 18 heavy (non-hydrogen) atoms. The van der Waals surface area contributed by atoms with Gasteiger partial charge in [-0.3, -0.25) is 4.79 Å². The zero-order chi connectivity index (χ0) is 13.0. The van der Waals surface area contributed by atoms with E-state index in [4.69, 9.17) is 5.73 Å². The zero-order valence-electron chi connectivity index (χ0n) is 10.3. The minimum absolute atomic E-state index is 0.119. The van der Waals surface area contributed by atoms with Crippen molar-refractivity contribution in [1.82, 2.24) is 4.90 Å². The third-order valence-corrected chi connectivity index (χ3v) is 3.60. The van der Waals surface area contributed by atoms with Crippen LogP contribution in [0.5, 0.6) is 0 Å². The van der Waals surface area contributed by atoms with Crippen LogP contribution < -0.4 is 5.73 Å². The van der Waals surface area contributed by atoms with E-state index in [9.17, 15) is 4.79 Å². The number of hydrogen-bond donors (Lipinski definition) is 1. The molecule has 0 aliphatic heterocycles. The van der Waals surface area contributed by atoms with Crippen LogP contribution in [0.4, 0.5) is 5.69 Å². The van der Waals surface area contributed by atoms with Gasteiger partial charge in [0.15, 0.2) is 0 Å². The van der Waals surface area contributed by atoms with E-state index in [1.54, 1.807) is 16.2 Å². The van der Waals surface area contributed by atoms with Gasteiger partial charge in [-0.25, -0.2) is 0 Å². The Hall–Kier alpha value is -1.81. The van der Waals surface area contributed by atoms with Crippen LogP contribution in [0, 0.1) is 0 Å². The van der Waals surface area contributed by atoms with E-state index in [-0.39, 0.29) is 5.91 Å². The number of hydrogen-bond acceptors (Lipinski definition) is 3. The number of anilines is 1. The molecule has 0 bridgehead atoms. The Morgan fingerprint density at radius 3 is 2.61 bits per heavy atom. The summed E-state index contributed by atoms with van der Waals surface area (Å²) in [6.45, 7) is 0.672. The van der Waals surface area contributed by atoms with Crippen LogP contribution in [0.1, 0.15) is 10.4 Å². The molecule has 1 aromatic heterocycles. The Balaban J connectivity index is 1.93. The topological polar surface area (TPSA) is 46.3 Å². The van der Waals surface area contributed by atoms with Crippen LogP contribution in [-0.4, -0.2) is 17.9 Å². The Kier molecular flexibility index (Phi) is 3.99. The van der Waals surface area contributed by atoms with Gasteiger partial charge in [-0.15, -0.1) is 11.3 Å². The molecule has 2 aromatic rings. The summed E-state index contributed by atoms with van der Waals surface area (Å²) in [5.74, 6) is 0.119. The maximum absolute atomic E-state index is 12.0. The van der Waals surface area contributed by atoms with Crippen molar-refractivity contribution in [2.75, 3.05) is 12.8 Å². The largest absolute Gasteiger partial charge is 0.399 e. The molecule has 0 aliphatic carbocycles. The average molecular weight is 260 g/mol. The highest BCUT2D eigenvalue weighted by Crippen LogP contribution is 2.12. The quantitative estimate of drug-likeness (QED) is 0.859. The average Bonchev–Trinajstić information content (AvgIpc) is 2.85. The third-order valence-electron chi connectivity index (χ3n) is 2.73. The molecule has 2 rings (SSSR count). The molecular formula is C14H16N2OS. The fourth-order valence-corrected chi connectivity index (χ4v) is 2.43. The number of thiophene rings is 1. The molecule has 0 fully saturated rings. The van der Waals surface area contributed by atoms with E-state index in [0.717, 1.165) is 11.3 Å².